The van der Waals surface area contributed by atoms with Crippen LogP contribution in [0.3, 0.4) is 0 Å². The van der Waals surface area contributed by atoms with Gasteiger partial charge in [0.05, 0.1) is 21.1 Å². The first-order valence-corrected chi connectivity index (χ1v) is 10.6. The van der Waals surface area contributed by atoms with E-state index >= 15 is 0 Å². The van der Waals surface area contributed by atoms with Gasteiger partial charge in [0.25, 0.3) is 0 Å². The SMILES string of the molecule is CCOc1cc(CNc2nccs2)cc(Br)c1OCc1ccc(Cl)c(Cl)c1. The molecule has 8 heteroatoms. The molecule has 0 spiro atoms. The number of hydrogen-bond acceptors (Lipinski definition) is 5. The van der Waals surface area contributed by atoms with Crippen LogP contribution in [0.25, 0.3) is 0 Å². The van der Waals surface area contributed by atoms with Gasteiger partial charge in [-0.2, -0.15) is 0 Å². The predicted octanol–water partition coefficient (Wildman–Crippen LogP) is 6.80. The number of thiazole rings is 1. The van der Waals surface area contributed by atoms with Crippen molar-refractivity contribution in [3.05, 3.63) is 67.6 Å². The highest BCUT2D eigenvalue weighted by molar-refractivity contribution is 9.10. The van der Waals surface area contributed by atoms with E-state index in [4.69, 9.17) is 32.7 Å². The Morgan fingerprint density at radius 3 is 2.67 bits per heavy atom. The normalized spacial score (nSPS) is 10.7. The molecular weight excluding hydrogens is 471 g/mol. The van der Waals surface area contributed by atoms with E-state index in [-0.39, 0.29) is 0 Å². The fraction of sp³-hybridized carbons (Fsp3) is 0.211. The quantitative estimate of drug-likeness (QED) is 0.379. The topological polar surface area (TPSA) is 43.4 Å². The highest BCUT2D eigenvalue weighted by Crippen LogP contribution is 2.38. The maximum Gasteiger partial charge on any atom is 0.182 e. The van der Waals surface area contributed by atoms with E-state index in [1.807, 2.05) is 30.5 Å². The largest absolute Gasteiger partial charge is 0.490 e. The third-order valence-electron chi connectivity index (χ3n) is 3.61. The van der Waals surface area contributed by atoms with E-state index in [1.54, 1.807) is 29.7 Å². The van der Waals surface area contributed by atoms with Gasteiger partial charge >= 0.3 is 0 Å². The van der Waals surface area contributed by atoms with E-state index < -0.39 is 0 Å². The molecule has 0 saturated heterocycles. The van der Waals surface area contributed by atoms with Crippen LogP contribution in [0.15, 0.2) is 46.4 Å². The first kappa shape index (κ1) is 20.3. The molecule has 0 aliphatic rings. The van der Waals surface area contributed by atoms with Crippen LogP contribution < -0.4 is 14.8 Å². The Bertz CT molecular complexity index is 907. The lowest BCUT2D eigenvalue weighted by Gasteiger charge is -2.16. The summed E-state index contributed by atoms with van der Waals surface area (Å²) in [6, 6.07) is 9.42. The fourth-order valence-electron chi connectivity index (χ4n) is 2.40. The zero-order valence-electron chi connectivity index (χ0n) is 14.5. The number of ether oxygens (including phenoxy) is 2. The summed E-state index contributed by atoms with van der Waals surface area (Å²) in [5.74, 6) is 1.34. The summed E-state index contributed by atoms with van der Waals surface area (Å²) in [5, 5.41) is 7.13. The highest BCUT2D eigenvalue weighted by Gasteiger charge is 2.13. The predicted molar refractivity (Wildman–Crippen MR) is 116 cm³/mol. The second-order valence-electron chi connectivity index (χ2n) is 5.57. The minimum atomic E-state index is 0.353. The monoisotopic (exact) mass is 486 g/mol. The molecule has 2 aromatic carbocycles. The Kier molecular flexibility index (Phi) is 7.24. The molecule has 142 valence electrons. The smallest absolute Gasteiger partial charge is 0.182 e. The van der Waals surface area contributed by atoms with Gasteiger partial charge < -0.3 is 14.8 Å². The van der Waals surface area contributed by atoms with Crippen molar-refractivity contribution in [1.82, 2.24) is 4.98 Å². The molecule has 3 rings (SSSR count). The van der Waals surface area contributed by atoms with Crippen molar-refractivity contribution >= 4 is 55.6 Å². The molecule has 27 heavy (non-hydrogen) atoms. The zero-order chi connectivity index (χ0) is 19.2. The van der Waals surface area contributed by atoms with Gasteiger partial charge in [-0.15, -0.1) is 11.3 Å². The van der Waals surface area contributed by atoms with Crippen LogP contribution in [0.1, 0.15) is 18.1 Å². The van der Waals surface area contributed by atoms with Crippen molar-refractivity contribution in [3.63, 3.8) is 0 Å². The van der Waals surface area contributed by atoms with E-state index in [9.17, 15) is 0 Å². The van der Waals surface area contributed by atoms with Gasteiger partial charge in [0, 0.05) is 18.1 Å². The Balaban J connectivity index is 1.75. The van der Waals surface area contributed by atoms with Crippen molar-refractivity contribution in [1.29, 1.82) is 0 Å². The Morgan fingerprint density at radius 1 is 1.11 bits per heavy atom. The third kappa shape index (κ3) is 5.51. The molecule has 0 fully saturated rings. The van der Waals surface area contributed by atoms with E-state index in [2.05, 4.69) is 26.2 Å². The van der Waals surface area contributed by atoms with Crippen LogP contribution in [0, 0.1) is 0 Å². The molecule has 0 aliphatic heterocycles. The van der Waals surface area contributed by atoms with Crippen LogP contribution >= 0.6 is 50.5 Å². The zero-order valence-corrected chi connectivity index (χ0v) is 18.4. The summed E-state index contributed by atoms with van der Waals surface area (Å²) in [4.78, 5) is 4.23. The van der Waals surface area contributed by atoms with Gasteiger partial charge in [-0.3, -0.25) is 0 Å². The van der Waals surface area contributed by atoms with E-state index in [0.29, 0.717) is 41.3 Å². The van der Waals surface area contributed by atoms with Gasteiger partial charge in [-0.05, 0) is 58.2 Å². The lowest BCUT2D eigenvalue weighted by Crippen LogP contribution is -2.04. The molecule has 0 amide bonds. The van der Waals surface area contributed by atoms with Gasteiger partial charge in [0.1, 0.15) is 6.61 Å². The fourth-order valence-corrected chi connectivity index (χ4v) is 3.85. The Morgan fingerprint density at radius 2 is 1.96 bits per heavy atom. The molecule has 1 heterocycles. The molecule has 0 aliphatic carbocycles. The van der Waals surface area contributed by atoms with Gasteiger partial charge in [0.2, 0.25) is 0 Å². The molecule has 1 aromatic heterocycles. The third-order valence-corrected chi connectivity index (χ3v) is 5.67. The van der Waals surface area contributed by atoms with Gasteiger partial charge in [-0.1, -0.05) is 29.3 Å². The first-order chi connectivity index (χ1) is 13.1. The summed E-state index contributed by atoms with van der Waals surface area (Å²) in [6.07, 6.45) is 1.77. The summed E-state index contributed by atoms with van der Waals surface area (Å²) < 4.78 is 12.6. The maximum atomic E-state index is 6.07. The number of aromatic nitrogens is 1. The number of nitrogens with one attached hydrogen (secondary N) is 1. The van der Waals surface area contributed by atoms with Crippen molar-refractivity contribution in [2.75, 3.05) is 11.9 Å². The lowest BCUT2D eigenvalue weighted by molar-refractivity contribution is 0.267. The summed E-state index contributed by atoms with van der Waals surface area (Å²) in [7, 11) is 0. The van der Waals surface area contributed by atoms with E-state index in [0.717, 1.165) is 20.7 Å². The van der Waals surface area contributed by atoms with E-state index in [1.165, 1.54) is 0 Å². The van der Waals surface area contributed by atoms with Crippen LogP contribution in [0.5, 0.6) is 11.5 Å². The molecule has 0 atom stereocenters. The number of hydrogen-bond donors (Lipinski definition) is 1. The highest BCUT2D eigenvalue weighted by atomic mass is 79.9. The first-order valence-electron chi connectivity index (χ1n) is 8.22. The number of benzene rings is 2. The van der Waals surface area contributed by atoms with Crippen LogP contribution in [-0.2, 0) is 13.2 Å². The lowest BCUT2D eigenvalue weighted by atomic mass is 10.2. The average Bonchev–Trinajstić information content (AvgIpc) is 3.16. The second kappa shape index (κ2) is 9.64. The molecule has 0 bridgehead atoms. The van der Waals surface area contributed by atoms with Gasteiger partial charge in [0.15, 0.2) is 16.6 Å². The Labute approximate surface area is 180 Å². The summed E-state index contributed by atoms with van der Waals surface area (Å²) in [5.41, 5.74) is 1.98. The molecule has 0 unspecified atom stereocenters. The molecule has 0 saturated carbocycles. The summed E-state index contributed by atoms with van der Waals surface area (Å²) in [6.45, 7) is 3.47. The van der Waals surface area contributed by atoms with Crippen LogP contribution in [-0.4, -0.2) is 11.6 Å². The number of halogens is 3. The second-order valence-corrected chi connectivity index (χ2v) is 8.13. The van der Waals surface area contributed by atoms with Crippen molar-refractivity contribution < 1.29 is 9.47 Å². The number of rotatable bonds is 8. The average molecular weight is 488 g/mol. The Hall–Kier alpha value is -1.47. The molecular formula is C19H17BrCl2N2O2S. The molecule has 1 N–H and O–H groups in total. The molecule has 0 radical (unpaired) electrons. The van der Waals surface area contributed by atoms with Gasteiger partial charge in [-0.25, -0.2) is 4.98 Å². The van der Waals surface area contributed by atoms with Crippen LogP contribution in [0.4, 0.5) is 5.13 Å². The minimum absolute atomic E-state index is 0.353. The number of anilines is 1. The van der Waals surface area contributed by atoms with Crippen molar-refractivity contribution in [3.8, 4) is 11.5 Å². The van der Waals surface area contributed by atoms with Crippen molar-refractivity contribution in [2.45, 2.75) is 20.1 Å². The number of nitrogens with zero attached hydrogens (tertiary/aromatic N) is 1. The summed E-state index contributed by atoms with van der Waals surface area (Å²) >= 11 is 17.2. The standard InChI is InChI=1S/C19H17BrCl2N2O2S/c1-2-25-17-9-13(10-24-19-23-5-6-27-19)7-14(20)18(17)26-11-12-3-4-15(21)16(22)8-12/h3-9H,2,10-11H2,1H3,(H,23,24). The van der Waals surface area contributed by atoms with Crippen LogP contribution in [0.2, 0.25) is 10.0 Å². The minimum Gasteiger partial charge on any atom is -0.490 e. The van der Waals surface area contributed by atoms with Crippen molar-refractivity contribution in [2.24, 2.45) is 0 Å². The maximum absolute atomic E-state index is 6.07. The molecule has 3 aromatic rings. The molecule has 4 nitrogen and oxygen atoms in total.